The molecular formula is C18H25N3. The molecule has 1 aliphatic rings. The number of hydrogen-bond acceptors (Lipinski definition) is 3. The van der Waals surface area contributed by atoms with E-state index in [4.69, 9.17) is 4.98 Å². The van der Waals surface area contributed by atoms with E-state index < -0.39 is 0 Å². The fourth-order valence-electron chi connectivity index (χ4n) is 3.12. The van der Waals surface area contributed by atoms with Crippen LogP contribution in [0, 0.1) is 11.8 Å². The molecule has 1 saturated heterocycles. The zero-order valence-corrected chi connectivity index (χ0v) is 13.3. The standard InChI is InChI=1S/C18H25N3/c1-4-19-10-16-9-15-7-5-6-8-17(15)20-18(16)21-11-13(2)14(3)12-21/h5-9,13-14,19H,4,10-12H2,1-3H3. The van der Waals surface area contributed by atoms with Crippen LogP contribution >= 0.6 is 0 Å². The van der Waals surface area contributed by atoms with Gasteiger partial charge in [0, 0.05) is 30.6 Å². The monoisotopic (exact) mass is 283 g/mol. The van der Waals surface area contributed by atoms with Gasteiger partial charge in [0.1, 0.15) is 5.82 Å². The number of benzene rings is 1. The molecule has 0 radical (unpaired) electrons. The van der Waals surface area contributed by atoms with Gasteiger partial charge in [0.15, 0.2) is 0 Å². The summed E-state index contributed by atoms with van der Waals surface area (Å²) in [6, 6.07) is 10.7. The van der Waals surface area contributed by atoms with Crippen LogP contribution in [0.25, 0.3) is 10.9 Å². The van der Waals surface area contributed by atoms with E-state index in [1.807, 2.05) is 0 Å². The summed E-state index contributed by atoms with van der Waals surface area (Å²) >= 11 is 0. The van der Waals surface area contributed by atoms with Crippen molar-refractivity contribution >= 4 is 16.7 Å². The number of pyridine rings is 1. The summed E-state index contributed by atoms with van der Waals surface area (Å²) in [7, 11) is 0. The van der Waals surface area contributed by atoms with Crippen molar-refractivity contribution in [3.05, 3.63) is 35.9 Å². The van der Waals surface area contributed by atoms with E-state index in [0.29, 0.717) is 0 Å². The Kier molecular flexibility index (Phi) is 4.11. The summed E-state index contributed by atoms with van der Waals surface area (Å²) in [5.41, 5.74) is 2.41. The number of anilines is 1. The van der Waals surface area contributed by atoms with Gasteiger partial charge in [-0.2, -0.15) is 0 Å². The van der Waals surface area contributed by atoms with Crippen LogP contribution in [-0.4, -0.2) is 24.6 Å². The van der Waals surface area contributed by atoms with E-state index >= 15 is 0 Å². The van der Waals surface area contributed by atoms with Crippen LogP contribution in [0.4, 0.5) is 5.82 Å². The van der Waals surface area contributed by atoms with Crippen molar-refractivity contribution in [3.8, 4) is 0 Å². The summed E-state index contributed by atoms with van der Waals surface area (Å²) in [6.07, 6.45) is 0. The van der Waals surface area contributed by atoms with E-state index in [-0.39, 0.29) is 0 Å². The van der Waals surface area contributed by atoms with Crippen LogP contribution in [0.3, 0.4) is 0 Å². The Labute approximate surface area is 127 Å². The minimum atomic E-state index is 0.741. The lowest BCUT2D eigenvalue weighted by Crippen LogP contribution is -2.24. The SMILES string of the molecule is CCNCc1cc2ccccc2nc1N1CC(C)C(C)C1. The molecule has 2 heterocycles. The number of rotatable bonds is 4. The first-order valence-corrected chi connectivity index (χ1v) is 8.03. The summed E-state index contributed by atoms with van der Waals surface area (Å²) in [6.45, 7) is 10.9. The summed E-state index contributed by atoms with van der Waals surface area (Å²) in [5, 5.41) is 4.68. The van der Waals surface area contributed by atoms with Crippen LogP contribution in [0.15, 0.2) is 30.3 Å². The molecule has 1 aromatic carbocycles. The molecule has 0 saturated carbocycles. The Morgan fingerprint density at radius 1 is 1.19 bits per heavy atom. The smallest absolute Gasteiger partial charge is 0.133 e. The van der Waals surface area contributed by atoms with E-state index in [0.717, 1.165) is 43.5 Å². The van der Waals surface area contributed by atoms with Crippen LogP contribution in [0.5, 0.6) is 0 Å². The van der Waals surface area contributed by atoms with Gasteiger partial charge in [0.05, 0.1) is 5.52 Å². The molecule has 2 atom stereocenters. The predicted molar refractivity (Wildman–Crippen MR) is 89.7 cm³/mol. The van der Waals surface area contributed by atoms with E-state index in [1.54, 1.807) is 0 Å². The molecular weight excluding hydrogens is 258 g/mol. The molecule has 0 spiro atoms. The highest BCUT2D eigenvalue weighted by Gasteiger charge is 2.28. The van der Waals surface area contributed by atoms with Crippen molar-refractivity contribution in [2.75, 3.05) is 24.5 Å². The molecule has 0 aliphatic carbocycles. The van der Waals surface area contributed by atoms with E-state index in [1.165, 1.54) is 16.8 Å². The van der Waals surface area contributed by atoms with Crippen LogP contribution in [-0.2, 0) is 6.54 Å². The third kappa shape index (κ3) is 2.88. The lowest BCUT2D eigenvalue weighted by Gasteiger charge is -2.21. The number of nitrogens with zero attached hydrogens (tertiary/aromatic N) is 2. The third-order valence-corrected chi connectivity index (χ3v) is 4.63. The van der Waals surface area contributed by atoms with Crippen molar-refractivity contribution < 1.29 is 0 Å². The Morgan fingerprint density at radius 2 is 1.90 bits per heavy atom. The highest BCUT2D eigenvalue weighted by Crippen LogP contribution is 2.30. The lowest BCUT2D eigenvalue weighted by atomic mass is 10.0. The van der Waals surface area contributed by atoms with Gasteiger partial charge in [-0.25, -0.2) is 4.98 Å². The van der Waals surface area contributed by atoms with Crippen molar-refractivity contribution in [1.82, 2.24) is 10.3 Å². The van der Waals surface area contributed by atoms with E-state index in [2.05, 4.69) is 61.3 Å². The third-order valence-electron chi connectivity index (χ3n) is 4.63. The topological polar surface area (TPSA) is 28.2 Å². The van der Waals surface area contributed by atoms with Crippen LogP contribution < -0.4 is 10.2 Å². The molecule has 21 heavy (non-hydrogen) atoms. The molecule has 1 fully saturated rings. The molecule has 112 valence electrons. The largest absolute Gasteiger partial charge is 0.356 e. The highest BCUT2D eigenvalue weighted by molar-refractivity contribution is 5.81. The molecule has 3 heteroatoms. The number of para-hydroxylation sites is 1. The average Bonchev–Trinajstić information content (AvgIpc) is 2.83. The normalized spacial score (nSPS) is 22.1. The Balaban J connectivity index is 2.01. The van der Waals surface area contributed by atoms with Gasteiger partial charge in [-0.3, -0.25) is 0 Å². The molecule has 0 bridgehead atoms. The Bertz CT molecular complexity index is 613. The highest BCUT2D eigenvalue weighted by atomic mass is 15.2. The van der Waals surface area contributed by atoms with Gasteiger partial charge in [-0.15, -0.1) is 0 Å². The van der Waals surface area contributed by atoms with Crippen molar-refractivity contribution in [2.24, 2.45) is 11.8 Å². The summed E-state index contributed by atoms with van der Waals surface area (Å²) in [5.74, 6) is 2.65. The molecule has 1 aliphatic heterocycles. The van der Waals surface area contributed by atoms with Gasteiger partial charge < -0.3 is 10.2 Å². The molecule has 1 N–H and O–H groups in total. The second-order valence-electron chi connectivity index (χ2n) is 6.30. The number of nitrogens with one attached hydrogen (secondary N) is 1. The van der Waals surface area contributed by atoms with Gasteiger partial charge >= 0.3 is 0 Å². The van der Waals surface area contributed by atoms with Crippen molar-refractivity contribution in [2.45, 2.75) is 27.3 Å². The number of hydrogen-bond donors (Lipinski definition) is 1. The molecule has 3 nitrogen and oxygen atoms in total. The Morgan fingerprint density at radius 3 is 2.62 bits per heavy atom. The van der Waals surface area contributed by atoms with Crippen LogP contribution in [0.2, 0.25) is 0 Å². The molecule has 2 unspecified atom stereocenters. The summed E-state index contributed by atoms with van der Waals surface area (Å²) in [4.78, 5) is 7.43. The van der Waals surface area contributed by atoms with Crippen LogP contribution in [0.1, 0.15) is 26.3 Å². The maximum atomic E-state index is 4.96. The minimum absolute atomic E-state index is 0.741. The molecule has 3 rings (SSSR count). The minimum Gasteiger partial charge on any atom is -0.356 e. The zero-order chi connectivity index (χ0) is 14.8. The van der Waals surface area contributed by atoms with Gasteiger partial charge in [0.2, 0.25) is 0 Å². The first-order valence-electron chi connectivity index (χ1n) is 8.03. The Hall–Kier alpha value is -1.61. The number of aromatic nitrogens is 1. The van der Waals surface area contributed by atoms with Gasteiger partial charge in [-0.05, 0) is 30.5 Å². The van der Waals surface area contributed by atoms with Crippen molar-refractivity contribution in [1.29, 1.82) is 0 Å². The maximum absolute atomic E-state index is 4.96. The molecule has 1 aromatic heterocycles. The fourth-order valence-corrected chi connectivity index (χ4v) is 3.12. The first-order chi connectivity index (χ1) is 10.2. The lowest BCUT2D eigenvalue weighted by molar-refractivity contribution is 0.494. The fraction of sp³-hybridized carbons (Fsp3) is 0.500. The summed E-state index contributed by atoms with van der Waals surface area (Å²) < 4.78 is 0. The zero-order valence-electron chi connectivity index (χ0n) is 13.3. The van der Waals surface area contributed by atoms with Gasteiger partial charge in [-0.1, -0.05) is 39.0 Å². The van der Waals surface area contributed by atoms with Gasteiger partial charge in [0.25, 0.3) is 0 Å². The molecule has 0 amide bonds. The maximum Gasteiger partial charge on any atom is 0.133 e. The van der Waals surface area contributed by atoms with E-state index in [9.17, 15) is 0 Å². The predicted octanol–water partition coefficient (Wildman–Crippen LogP) is 3.44. The number of fused-ring (bicyclic) bond motifs is 1. The quantitative estimate of drug-likeness (QED) is 0.931. The van der Waals surface area contributed by atoms with Crippen molar-refractivity contribution in [3.63, 3.8) is 0 Å². The second kappa shape index (κ2) is 6.02. The average molecular weight is 283 g/mol. The molecule has 2 aromatic rings. The first kappa shape index (κ1) is 14.3. The second-order valence-corrected chi connectivity index (χ2v) is 6.30.